The molecule has 68 heavy (non-hydrogen) atoms. The summed E-state index contributed by atoms with van der Waals surface area (Å²) in [6, 6.07) is 6.37. The van der Waals surface area contributed by atoms with Crippen LogP contribution >= 0.6 is 23.2 Å². The number of nitrogens with zero attached hydrogens (tertiary/aromatic N) is 7. The number of hydrogen-bond donors (Lipinski definition) is 5. The van der Waals surface area contributed by atoms with Gasteiger partial charge in [0.25, 0.3) is 11.8 Å². The standard InChI is InChI=1S/C43H48Cl2N12O11/c1-25(64-2)38-31(23-47-34-19-33(45)54-57(34)38)52-43(63)51-27-18-29(44)39(49-22-27)55-24-26(21-50-55)20-48-35(58)8-10-65-12-14-67-16-17-68-15-13-66-11-9-46-30-5-3-4-28-37(30)42(62)56(41(28)61)32-6-7-36(59)53-40(32)60/h3-5,18-19,21-25,32,46H,6-17,20H2,1-2H3,(H,48,58)(H2,51,52,63)(H,53,59,60)/t25-,32?/m0/s1. The van der Waals surface area contributed by atoms with E-state index in [1.165, 1.54) is 40.8 Å². The van der Waals surface area contributed by atoms with Gasteiger partial charge in [0.2, 0.25) is 17.7 Å². The minimum atomic E-state index is -1.04. The highest BCUT2D eigenvalue weighted by Crippen LogP contribution is 2.33. The van der Waals surface area contributed by atoms with Crippen LogP contribution in [-0.4, -0.2) is 142 Å². The number of carbonyl (C=O) groups excluding carboxylic acids is 6. The Morgan fingerprint density at radius 1 is 0.882 bits per heavy atom. The summed E-state index contributed by atoms with van der Waals surface area (Å²) in [4.78, 5) is 85.1. The van der Waals surface area contributed by atoms with Gasteiger partial charge < -0.3 is 45.0 Å². The predicted octanol–water partition coefficient (Wildman–Crippen LogP) is 3.55. The number of anilines is 3. The Bertz CT molecular complexity index is 2660. The molecule has 2 atom stereocenters. The average Bonchev–Trinajstić information content (AvgIpc) is 4.02. The van der Waals surface area contributed by atoms with Crippen LogP contribution in [0.2, 0.25) is 10.2 Å². The van der Waals surface area contributed by atoms with E-state index in [1.54, 1.807) is 37.5 Å². The molecule has 1 aromatic carbocycles. The van der Waals surface area contributed by atoms with Gasteiger partial charge in [0.15, 0.2) is 16.6 Å². The smallest absolute Gasteiger partial charge is 0.323 e. The van der Waals surface area contributed by atoms with E-state index in [0.29, 0.717) is 92.6 Å². The van der Waals surface area contributed by atoms with Crippen LogP contribution in [-0.2, 0) is 44.6 Å². The Balaban J connectivity index is 0.706. The van der Waals surface area contributed by atoms with Gasteiger partial charge in [-0.25, -0.2) is 24.0 Å². The van der Waals surface area contributed by atoms with Crippen LogP contribution in [0, 0.1) is 0 Å². The molecule has 1 saturated heterocycles. The van der Waals surface area contributed by atoms with Gasteiger partial charge in [-0.2, -0.15) is 10.2 Å². The maximum Gasteiger partial charge on any atom is 0.323 e. The number of piperidine rings is 1. The first kappa shape index (κ1) is 49.3. The zero-order valence-electron chi connectivity index (χ0n) is 36.9. The van der Waals surface area contributed by atoms with Gasteiger partial charge in [-0.3, -0.25) is 34.2 Å². The number of pyridine rings is 1. The summed E-state index contributed by atoms with van der Waals surface area (Å²) in [5, 5.41) is 22.6. The molecule has 0 radical (unpaired) electrons. The minimum absolute atomic E-state index is 0.0463. The molecule has 0 aliphatic carbocycles. The molecule has 5 N–H and O–H groups in total. The highest BCUT2D eigenvalue weighted by molar-refractivity contribution is 6.32. The van der Waals surface area contributed by atoms with Crippen molar-refractivity contribution in [1.82, 2.24) is 44.9 Å². The number of methoxy groups -OCH3 is 1. The molecule has 0 saturated carbocycles. The van der Waals surface area contributed by atoms with E-state index >= 15 is 0 Å². The summed E-state index contributed by atoms with van der Waals surface area (Å²) in [7, 11) is 1.53. The Kier molecular flexibility index (Phi) is 17.0. The molecule has 0 bridgehead atoms. The van der Waals surface area contributed by atoms with E-state index in [9.17, 15) is 28.8 Å². The molecule has 7 rings (SSSR count). The van der Waals surface area contributed by atoms with Gasteiger partial charge in [0, 0.05) is 56.6 Å². The molecule has 5 aromatic rings. The molecular weight excluding hydrogens is 931 g/mol. The molecule has 25 heteroatoms. The van der Waals surface area contributed by atoms with Crippen molar-refractivity contribution in [2.75, 3.05) is 82.5 Å². The SMILES string of the molecule is CO[C@@H](C)c1c(NC(=O)Nc2cnc(-n3cc(CNC(=O)CCOCCOCCOCCOCCNc4cccc5c4C(=O)N(C4CCC(=O)NC4=O)C5=O)cn3)c(Cl)c2)cnc2cc(Cl)nn12. The number of hydrogen-bond acceptors (Lipinski definition) is 16. The molecule has 4 aromatic heterocycles. The average molecular weight is 980 g/mol. The highest BCUT2D eigenvalue weighted by Gasteiger charge is 2.45. The maximum atomic E-state index is 13.2. The lowest BCUT2D eigenvalue weighted by Crippen LogP contribution is -2.54. The number of ether oxygens (including phenoxy) is 5. The number of fused-ring (bicyclic) bond motifs is 2. The Morgan fingerprint density at radius 2 is 1.62 bits per heavy atom. The third-order valence-electron chi connectivity index (χ3n) is 10.5. The molecule has 2 aliphatic heterocycles. The quantitative estimate of drug-likeness (QED) is 0.0437. The molecule has 6 heterocycles. The summed E-state index contributed by atoms with van der Waals surface area (Å²) in [5.74, 6) is -2.15. The monoisotopic (exact) mass is 978 g/mol. The molecule has 1 unspecified atom stereocenters. The number of halogens is 2. The van der Waals surface area contributed by atoms with Crippen LogP contribution in [0.15, 0.2) is 55.1 Å². The maximum absolute atomic E-state index is 13.2. The second kappa shape index (κ2) is 23.4. The lowest BCUT2D eigenvalue weighted by Gasteiger charge is -2.27. The molecule has 23 nitrogen and oxygen atoms in total. The normalized spacial score (nSPS) is 15.1. The minimum Gasteiger partial charge on any atom is -0.382 e. The number of urea groups is 1. The summed E-state index contributed by atoms with van der Waals surface area (Å²) in [6.07, 6.45) is 5.99. The van der Waals surface area contributed by atoms with Gasteiger partial charge in [-0.05, 0) is 31.5 Å². The number of carbonyl (C=O) groups is 6. The van der Waals surface area contributed by atoms with Crippen molar-refractivity contribution < 1.29 is 52.5 Å². The second-order valence-corrected chi connectivity index (χ2v) is 15.9. The number of amides is 7. The van der Waals surface area contributed by atoms with E-state index in [0.717, 1.165) is 4.90 Å². The lowest BCUT2D eigenvalue weighted by molar-refractivity contribution is -0.136. The molecule has 2 aliphatic rings. The van der Waals surface area contributed by atoms with Crippen LogP contribution in [0.5, 0.6) is 0 Å². The molecule has 0 spiro atoms. The van der Waals surface area contributed by atoms with Gasteiger partial charge in [0.05, 0.1) is 111 Å². The van der Waals surface area contributed by atoms with Gasteiger partial charge in [-0.1, -0.05) is 29.3 Å². The first-order chi connectivity index (χ1) is 32.9. The largest absolute Gasteiger partial charge is 0.382 e. The van der Waals surface area contributed by atoms with Crippen molar-refractivity contribution in [3.63, 3.8) is 0 Å². The fourth-order valence-corrected chi connectivity index (χ4v) is 7.60. The number of benzene rings is 1. The summed E-state index contributed by atoms with van der Waals surface area (Å²) in [5.41, 5.74) is 3.25. The Hall–Kier alpha value is -6.60. The summed E-state index contributed by atoms with van der Waals surface area (Å²) < 4.78 is 30.6. The summed E-state index contributed by atoms with van der Waals surface area (Å²) >= 11 is 12.6. The Labute approximate surface area is 398 Å². The first-order valence-corrected chi connectivity index (χ1v) is 22.2. The van der Waals surface area contributed by atoms with Crippen molar-refractivity contribution >= 4 is 81.5 Å². The highest BCUT2D eigenvalue weighted by atomic mass is 35.5. The van der Waals surface area contributed by atoms with Crippen molar-refractivity contribution in [2.24, 2.45) is 0 Å². The van der Waals surface area contributed by atoms with Crippen LogP contribution in [0.1, 0.15) is 64.3 Å². The van der Waals surface area contributed by atoms with E-state index in [4.69, 9.17) is 46.9 Å². The fraction of sp³-hybridized carbons (Fsp3) is 0.395. The number of aromatic nitrogens is 6. The van der Waals surface area contributed by atoms with E-state index in [2.05, 4.69) is 46.7 Å². The third kappa shape index (κ3) is 12.3. The van der Waals surface area contributed by atoms with E-state index in [1.807, 2.05) is 0 Å². The second-order valence-electron chi connectivity index (χ2n) is 15.2. The molecule has 360 valence electrons. The van der Waals surface area contributed by atoms with Crippen molar-refractivity contribution in [1.29, 1.82) is 0 Å². The van der Waals surface area contributed by atoms with Gasteiger partial charge >= 0.3 is 6.03 Å². The number of rotatable bonds is 24. The zero-order valence-corrected chi connectivity index (χ0v) is 38.4. The third-order valence-corrected chi connectivity index (χ3v) is 11.0. The van der Waals surface area contributed by atoms with Crippen molar-refractivity contribution in [3.8, 4) is 5.82 Å². The zero-order chi connectivity index (χ0) is 48.2. The molecule has 1 fully saturated rings. The van der Waals surface area contributed by atoms with Crippen LogP contribution < -0.4 is 26.6 Å². The first-order valence-electron chi connectivity index (χ1n) is 21.4. The van der Waals surface area contributed by atoms with Crippen LogP contribution in [0.3, 0.4) is 0 Å². The van der Waals surface area contributed by atoms with Gasteiger partial charge in [0.1, 0.15) is 6.04 Å². The number of imide groups is 2. The van der Waals surface area contributed by atoms with E-state index < -0.39 is 41.8 Å². The molecular formula is C43H48Cl2N12O11. The Morgan fingerprint density at radius 3 is 2.34 bits per heavy atom. The predicted molar refractivity (Wildman–Crippen MR) is 244 cm³/mol. The topological polar surface area (TPSA) is 273 Å². The van der Waals surface area contributed by atoms with Crippen LogP contribution in [0.25, 0.3) is 11.5 Å². The number of nitrogens with one attached hydrogen (secondary N) is 5. The van der Waals surface area contributed by atoms with E-state index in [-0.39, 0.29) is 59.6 Å². The fourth-order valence-electron chi connectivity index (χ4n) is 7.18. The van der Waals surface area contributed by atoms with Crippen molar-refractivity contribution in [2.45, 2.75) is 44.9 Å². The van der Waals surface area contributed by atoms with Crippen LogP contribution in [0.4, 0.5) is 21.9 Å². The lowest BCUT2D eigenvalue weighted by atomic mass is 10.0. The van der Waals surface area contributed by atoms with Crippen molar-refractivity contribution in [3.05, 3.63) is 87.7 Å². The molecule has 7 amide bonds. The van der Waals surface area contributed by atoms with Gasteiger partial charge in [-0.15, -0.1) is 0 Å². The summed E-state index contributed by atoms with van der Waals surface area (Å²) in [6.45, 7) is 4.83.